The number of anilines is 1. The largest absolute Gasteiger partial charge is 0.378 e. The summed E-state index contributed by atoms with van der Waals surface area (Å²) in [5, 5.41) is 0. The number of benzene rings is 2. The molecule has 0 unspecified atom stereocenters. The smallest absolute Gasteiger partial charge is 0.188 e. The van der Waals surface area contributed by atoms with E-state index < -0.39 is 0 Å². The summed E-state index contributed by atoms with van der Waals surface area (Å²) in [6.45, 7) is 0.568. The molecule has 0 heterocycles. The zero-order chi connectivity index (χ0) is 14.4. The fourth-order valence-electron chi connectivity index (χ4n) is 1.86. The highest BCUT2D eigenvalue weighted by atomic mass is 16.5. The van der Waals surface area contributed by atoms with E-state index in [0.717, 1.165) is 11.3 Å². The lowest BCUT2D eigenvalue weighted by atomic mass is 10.1. The first-order chi connectivity index (χ1) is 9.66. The summed E-state index contributed by atoms with van der Waals surface area (Å²) in [6, 6.07) is 17.4. The minimum atomic E-state index is 0.00578. The van der Waals surface area contributed by atoms with Crippen molar-refractivity contribution >= 4 is 11.5 Å². The molecule has 2 rings (SSSR count). The SMILES string of the molecule is CN(C)c1ccc(C(=O)COCc2ccccc2)cc1. The number of ketones is 1. The Bertz CT molecular complexity index is 547. The maximum atomic E-state index is 12.0. The van der Waals surface area contributed by atoms with Crippen molar-refractivity contribution in [2.24, 2.45) is 0 Å². The first-order valence-electron chi connectivity index (χ1n) is 6.59. The van der Waals surface area contributed by atoms with Crippen LogP contribution in [-0.2, 0) is 11.3 Å². The van der Waals surface area contributed by atoms with E-state index in [1.165, 1.54) is 0 Å². The maximum absolute atomic E-state index is 12.0. The first-order valence-corrected chi connectivity index (χ1v) is 6.59. The Morgan fingerprint density at radius 2 is 1.65 bits per heavy atom. The molecule has 0 saturated heterocycles. The van der Waals surface area contributed by atoms with Gasteiger partial charge in [-0.1, -0.05) is 30.3 Å². The second-order valence-electron chi connectivity index (χ2n) is 4.84. The van der Waals surface area contributed by atoms with Gasteiger partial charge in [0.2, 0.25) is 0 Å². The van der Waals surface area contributed by atoms with Gasteiger partial charge in [-0.3, -0.25) is 4.79 Å². The Kier molecular flexibility index (Phi) is 4.91. The van der Waals surface area contributed by atoms with Gasteiger partial charge in [0.05, 0.1) is 6.61 Å². The normalized spacial score (nSPS) is 10.3. The number of ether oxygens (including phenoxy) is 1. The molecule has 0 fully saturated rings. The van der Waals surface area contributed by atoms with E-state index in [0.29, 0.717) is 12.2 Å². The van der Waals surface area contributed by atoms with Crippen LogP contribution in [0.25, 0.3) is 0 Å². The molecule has 0 aromatic heterocycles. The third-order valence-electron chi connectivity index (χ3n) is 3.05. The summed E-state index contributed by atoms with van der Waals surface area (Å²) in [5.74, 6) is 0.00578. The summed E-state index contributed by atoms with van der Waals surface area (Å²) in [6.07, 6.45) is 0. The highest BCUT2D eigenvalue weighted by Crippen LogP contribution is 2.13. The van der Waals surface area contributed by atoms with Crippen molar-refractivity contribution in [3.05, 3.63) is 65.7 Å². The Morgan fingerprint density at radius 3 is 2.25 bits per heavy atom. The van der Waals surface area contributed by atoms with Crippen LogP contribution in [-0.4, -0.2) is 26.5 Å². The fourth-order valence-corrected chi connectivity index (χ4v) is 1.86. The van der Waals surface area contributed by atoms with E-state index in [2.05, 4.69) is 0 Å². The van der Waals surface area contributed by atoms with Crippen LogP contribution in [0.2, 0.25) is 0 Å². The van der Waals surface area contributed by atoms with Crippen LogP contribution in [0.1, 0.15) is 15.9 Å². The molecule has 0 N–H and O–H groups in total. The minimum absolute atomic E-state index is 0.00578. The lowest BCUT2D eigenvalue weighted by molar-refractivity contribution is 0.0726. The van der Waals surface area contributed by atoms with E-state index in [1.807, 2.05) is 73.6 Å². The van der Waals surface area contributed by atoms with Gasteiger partial charge < -0.3 is 9.64 Å². The minimum Gasteiger partial charge on any atom is -0.378 e. The predicted octanol–water partition coefficient (Wildman–Crippen LogP) is 3.15. The molecule has 0 aliphatic carbocycles. The molecular formula is C17H19NO2. The molecule has 104 valence electrons. The number of nitrogens with zero attached hydrogens (tertiary/aromatic N) is 1. The molecule has 0 aliphatic rings. The summed E-state index contributed by atoms with van der Waals surface area (Å²) < 4.78 is 5.45. The molecule has 2 aromatic rings. The van der Waals surface area contributed by atoms with Gasteiger partial charge in [-0.05, 0) is 29.8 Å². The average Bonchev–Trinajstić information content (AvgIpc) is 2.48. The predicted molar refractivity (Wildman–Crippen MR) is 81.2 cm³/mol. The molecule has 0 amide bonds. The third-order valence-corrected chi connectivity index (χ3v) is 3.05. The summed E-state index contributed by atoms with van der Waals surface area (Å²) in [7, 11) is 3.94. The zero-order valence-corrected chi connectivity index (χ0v) is 11.9. The second kappa shape index (κ2) is 6.87. The van der Waals surface area contributed by atoms with E-state index in [1.54, 1.807) is 0 Å². The van der Waals surface area contributed by atoms with Crippen molar-refractivity contribution in [3.8, 4) is 0 Å². The van der Waals surface area contributed by atoms with E-state index in [9.17, 15) is 4.79 Å². The number of rotatable bonds is 6. The number of hydrogen-bond acceptors (Lipinski definition) is 3. The van der Waals surface area contributed by atoms with Crippen LogP contribution in [0, 0.1) is 0 Å². The molecular weight excluding hydrogens is 250 g/mol. The lowest BCUT2D eigenvalue weighted by Crippen LogP contribution is -2.11. The summed E-state index contributed by atoms with van der Waals surface area (Å²) in [5.41, 5.74) is 2.83. The monoisotopic (exact) mass is 269 g/mol. The van der Waals surface area contributed by atoms with Crippen molar-refractivity contribution in [3.63, 3.8) is 0 Å². The van der Waals surface area contributed by atoms with Crippen molar-refractivity contribution < 1.29 is 9.53 Å². The van der Waals surface area contributed by atoms with Crippen molar-refractivity contribution in [1.82, 2.24) is 0 Å². The molecule has 2 aromatic carbocycles. The zero-order valence-electron chi connectivity index (χ0n) is 11.9. The molecule has 3 nitrogen and oxygen atoms in total. The molecule has 3 heteroatoms. The van der Waals surface area contributed by atoms with Crippen LogP contribution < -0.4 is 4.90 Å². The number of hydrogen-bond donors (Lipinski definition) is 0. The summed E-state index contributed by atoms with van der Waals surface area (Å²) in [4.78, 5) is 14.0. The molecule has 0 spiro atoms. The number of carbonyl (C=O) groups excluding carboxylic acids is 1. The molecule has 0 aliphatic heterocycles. The third kappa shape index (κ3) is 3.93. The van der Waals surface area contributed by atoms with Crippen LogP contribution in [0.3, 0.4) is 0 Å². The topological polar surface area (TPSA) is 29.5 Å². The summed E-state index contributed by atoms with van der Waals surface area (Å²) >= 11 is 0. The quantitative estimate of drug-likeness (QED) is 0.754. The van der Waals surface area contributed by atoms with Gasteiger partial charge in [0, 0.05) is 25.3 Å². The first kappa shape index (κ1) is 14.3. The van der Waals surface area contributed by atoms with Crippen LogP contribution in [0.15, 0.2) is 54.6 Å². The van der Waals surface area contributed by atoms with Gasteiger partial charge >= 0.3 is 0 Å². The average molecular weight is 269 g/mol. The number of Topliss-reactive ketones (excluding diaryl/α,β-unsaturated/α-hetero) is 1. The van der Waals surface area contributed by atoms with Gasteiger partial charge in [0.25, 0.3) is 0 Å². The molecule has 0 bridgehead atoms. The standard InChI is InChI=1S/C17H19NO2/c1-18(2)16-10-8-15(9-11-16)17(19)13-20-12-14-6-4-3-5-7-14/h3-11H,12-13H2,1-2H3. The lowest BCUT2D eigenvalue weighted by Gasteiger charge is -2.12. The highest BCUT2D eigenvalue weighted by molar-refractivity contribution is 5.97. The molecule has 0 radical (unpaired) electrons. The van der Waals surface area contributed by atoms with Crippen molar-refractivity contribution in [2.75, 3.05) is 25.6 Å². The maximum Gasteiger partial charge on any atom is 0.188 e. The van der Waals surface area contributed by atoms with E-state index in [4.69, 9.17) is 4.74 Å². The highest BCUT2D eigenvalue weighted by Gasteiger charge is 2.06. The van der Waals surface area contributed by atoms with Crippen LogP contribution in [0.4, 0.5) is 5.69 Å². The van der Waals surface area contributed by atoms with Gasteiger partial charge in [-0.2, -0.15) is 0 Å². The van der Waals surface area contributed by atoms with Crippen LogP contribution in [0.5, 0.6) is 0 Å². The molecule has 20 heavy (non-hydrogen) atoms. The number of carbonyl (C=O) groups is 1. The Hall–Kier alpha value is -2.13. The van der Waals surface area contributed by atoms with E-state index >= 15 is 0 Å². The Morgan fingerprint density at radius 1 is 1.00 bits per heavy atom. The van der Waals surface area contributed by atoms with Gasteiger partial charge in [-0.15, -0.1) is 0 Å². The second-order valence-corrected chi connectivity index (χ2v) is 4.84. The fraction of sp³-hybridized carbons (Fsp3) is 0.235. The van der Waals surface area contributed by atoms with Gasteiger partial charge in [0.15, 0.2) is 5.78 Å². The Balaban J connectivity index is 1.85. The Labute approximate surface area is 119 Å². The van der Waals surface area contributed by atoms with Gasteiger partial charge in [-0.25, -0.2) is 0 Å². The molecule has 0 saturated carbocycles. The van der Waals surface area contributed by atoms with Crippen LogP contribution >= 0.6 is 0 Å². The van der Waals surface area contributed by atoms with Crippen molar-refractivity contribution in [1.29, 1.82) is 0 Å². The van der Waals surface area contributed by atoms with Gasteiger partial charge in [0.1, 0.15) is 6.61 Å². The molecule has 0 atom stereocenters. The van der Waals surface area contributed by atoms with E-state index in [-0.39, 0.29) is 12.4 Å². The van der Waals surface area contributed by atoms with Crippen molar-refractivity contribution in [2.45, 2.75) is 6.61 Å².